The first-order valence-corrected chi connectivity index (χ1v) is 6.95. The fraction of sp³-hybridized carbons (Fsp3) is 0.267. The first-order valence-electron chi connectivity index (χ1n) is 6.58. The zero-order valence-corrected chi connectivity index (χ0v) is 11.8. The maximum Gasteiger partial charge on any atom is 0.153 e. The largest absolute Gasteiger partial charge is 0.458 e. The Morgan fingerprint density at radius 1 is 1.35 bits per heavy atom. The van der Waals surface area contributed by atoms with Crippen molar-refractivity contribution in [2.45, 2.75) is 26.0 Å². The number of aryl methyl sites for hydroxylation is 1. The van der Waals surface area contributed by atoms with Gasteiger partial charge in [0.05, 0.1) is 5.69 Å². The highest BCUT2D eigenvalue weighted by Crippen LogP contribution is 2.29. The summed E-state index contributed by atoms with van der Waals surface area (Å²) in [5.41, 5.74) is 1.45. The Kier molecular flexibility index (Phi) is 3.51. The minimum absolute atomic E-state index is 0.500. The molecule has 4 nitrogen and oxygen atoms in total. The number of benzene rings is 1. The molecular weight excluding hydrogens is 276 g/mol. The van der Waals surface area contributed by atoms with Crippen molar-refractivity contribution in [1.29, 1.82) is 0 Å². The number of aliphatic hydroxyl groups is 1. The lowest BCUT2D eigenvalue weighted by Crippen LogP contribution is -2.09. The molecule has 1 N–H and O–H groups in total. The monoisotopic (exact) mass is 290 g/mol. The second kappa shape index (κ2) is 5.31. The molecule has 3 rings (SSSR count). The number of rotatable bonds is 4. The molecule has 0 saturated heterocycles. The Hall–Kier alpha value is -1.78. The lowest BCUT2D eigenvalue weighted by molar-refractivity contribution is 0.181. The van der Waals surface area contributed by atoms with Crippen LogP contribution >= 0.6 is 11.6 Å². The average molecular weight is 291 g/mol. The van der Waals surface area contributed by atoms with Gasteiger partial charge in [0, 0.05) is 23.2 Å². The molecule has 0 amide bonds. The summed E-state index contributed by atoms with van der Waals surface area (Å²) in [4.78, 5) is 0. The van der Waals surface area contributed by atoms with Gasteiger partial charge in [-0.1, -0.05) is 18.5 Å². The van der Waals surface area contributed by atoms with Crippen LogP contribution in [0.25, 0.3) is 11.0 Å². The van der Waals surface area contributed by atoms with Gasteiger partial charge in [-0.05, 0) is 36.8 Å². The van der Waals surface area contributed by atoms with Crippen LogP contribution < -0.4 is 0 Å². The predicted octanol–water partition coefficient (Wildman–Crippen LogP) is 3.77. The molecule has 0 aliphatic rings. The van der Waals surface area contributed by atoms with E-state index in [4.69, 9.17) is 16.0 Å². The van der Waals surface area contributed by atoms with Crippen LogP contribution in [0.15, 0.2) is 40.9 Å². The maximum atomic E-state index is 10.5. The molecule has 0 spiro atoms. The molecule has 0 aliphatic heterocycles. The number of fused-ring (bicyclic) bond motifs is 1. The summed E-state index contributed by atoms with van der Waals surface area (Å²) < 4.78 is 7.49. The van der Waals surface area contributed by atoms with Gasteiger partial charge >= 0.3 is 0 Å². The van der Waals surface area contributed by atoms with E-state index in [1.807, 2.05) is 12.1 Å². The molecule has 0 bridgehead atoms. The SMILES string of the molecule is CCCn1nccc1C(O)c1cc2cc(Cl)ccc2o1. The van der Waals surface area contributed by atoms with E-state index in [1.54, 1.807) is 29.1 Å². The molecule has 1 atom stereocenters. The summed E-state index contributed by atoms with van der Waals surface area (Å²) in [6.45, 7) is 2.84. The molecule has 1 aromatic carbocycles. The quantitative estimate of drug-likeness (QED) is 0.795. The van der Waals surface area contributed by atoms with Crippen molar-refractivity contribution < 1.29 is 9.52 Å². The smallest absolute Gasteiger partial charge is 0.153 e. The number of furan rings is 1. The zero-order valence-electron chi connectivity index (χ0n) is 11.1. The van der Waals surface area contributed by atoms with Crippen LogP contribution in [0.4, 0.5) is 0 Å². The van der Waals surface area contributed by atoms with Crippen molar-refractivity contribution in [3.63, 3.8) is 0 Å². The molecule has 5 heteroatoms. The third-order valence-corrected chi connectivity index (χ3v) is 3.47. The van der Waals surface area contributed by atoms with E-state index in [-0.39, 0.29) is 0 Å². The van der Waals surface area contributed by atoms with Gasteiger partial charge in [0.1, 0.15) is 11.3 Å². The third-order valence-electron chi connectivity index (χ3n) is 3.23. The van der Waals surface area contributed by atoms with Gasteiger partial charge < -0.3 is 9.52 Å². The molecule has 0 saturated carbocycles. The van der Waals surface area contributed by atoms with E-state index in [0.717, 1.165) is 24.0 Å². The number of aromatic nitrogens is 2. The van der Waals surface area contributed by atoms with E-state index in [2.05, 4.69) is 12.0 Å². The van der Waals surface area contributed by atoms with Crippen LogP contribution in [0, 0.1) is 0 Å². The van der Waals surface area contributed by atoms with E-state index in [1.165, 1.54) is 0 Å². The minimum atomic E-state index is -0.824. The summed E-state index contributed by atoms with van der Waals surface area (Å²) in [7, 11) is 0. The minimum Gasteiger partial charge on any atom is -0.458 e. The van der Waals surface area contributed by atoms with Crippen molar-refractivity contribution in [3.8, 4) is 0 Å². The van der Waals surface area contributed by atoms with E-state index in [0.29, 0.717) is 16.4 Å². The van der Waals surface area contributed by atoms with E-state index in [9.17, 15) is 5.11 Å². The molecule has 0 fully saturated rings. The van der Waals surface area contributed by atoms with Crippen molar-refractivity contribution in [2.24, 2.45) is 0 Å². The van der Waals surface area contributed by atoms with Gasteiger partial charge in [0.2, 0.25) is 0 Å². The van der Waals surface area contributed by atoms with Gasteiger partial charge in [-0.2, -0.15) is 5.10 Å². The van der Waals surface area contributed by atoms with Crippen LogP contribution in [0.5, 0.6) is 0 Å². The van der Waals surface area contributed by atoms with E-state index >= 15 is 0 Å². The van der Waals surface area contributed by atoms with Gasteiger partial charge in [-0.25, -0.2) is 0 Å². The highest BCUT2D eigenvalue weighted by Gasteiger charge is 2.19. The van der Waals surface area contributed by atoms with Crippen molar-refractivity contribution in [1.82, 2.24) is 9.78 Å². The van der Waals surface area contributed by atoms with Crippen LogP contribution in [-0.4, -0.2) is 14.9 Å². The molecule has 2 heterocycles. The normalized spacial score (nSPS) is 12.9. The number of nitrogens with zero attached hydrogens (tertiary/aromatic N) is 2. The number of aliphatic hydroxyl groups excluding tert-OH is 1. The fourth-order valence-corrected chi connectivity index (χ4v) is 2.47. The fourth-order valence-electron chi connectivity index (χ4n) is 2.29. The molecule has 0 radical (unpaired) electrons. The summed E-state index contributed by atoms with van der Waals surface area (Å²) in [6.07, 6.45) is 1.82. The van der Waals surface area contributed by atoms with Crippen LogP contribution in [0.2, 0.25) is 5.02 Å². The molecule has 2 aromatic heterocycles. The Bertz CT molecular complexity index is 732. The van der Waals surface area contributed by atoms with Crippen LogP contribution in [0.3, 0.4) is 0 Å². The summed E-state index contributed by atoms with van der Waals surface area (Å²) in [5, 5.41) is 16.2. The van der Waals surface area contributed by atoms with Gasteiger partial charge in [0.15, 0.2) is 6.10 Å². The standard InChI is InChI=1S/C15H15ClN2O2/c1-2-7-18-12(5-6-17-18)15(19)14-9-10-8-11(16)3-4-13(10)20-14/h3-6,8-9,15,19H,2,7H2,1H3. The summed E-state index contributed by atoms with van der Waals surface area (Å²) in [6, 6.07) is 9.01. The van der Waals surface area contributed by atoms with Gasteiger partial charge in [0.25, 0.3) is 0 Å². The highest BCUT2D eigenvalue weighted by atomic mass is 35.5. The van der Waals surface area contributed by atoms with Crippen molar-refractivity contribution >= 4 is 22.6 Å². The van der Waals surface area contributed by atoms with Crippen molar-refractivity contribution in [2.75, 3.05) is 0 Å². The Balaban J connectivity index is 1.99. The van der Waals surface area contributed by atoms with Gasteiger partial charge in [-0.15, -0.1) is 0 Å². The molecule has 104 valence electrons. The second-order valence-corrected chi connectivity index (χ2v) is 5.15. The highest BCUT2D eigenvalue weighted by molar-refractivity contribution is 6.31. The molecule has 20 heavy (non-hydrogen) atoms. The second-order valence-electron chi connectivity index (χ2n) is 4.71. The predicted molar refractivity (Wildman–Crippen MR) is 77.8 cm³/mol. The Morgan fingerprint density at radius 3 is 3.00 bits per heavy atom. The van der Waals surface area contributed by atoms with Crippen molar-refractivity contribution in [3.05, 3.63) is 53.0 Å². The molecule has 3 aromatic rings. The first-order chi connectivity index (χ1) is 9.69. The van der Waals surface area contributed by atoms with Gasteiger partial charge in [-0.3, -0.25) is 4.68 Å². The Labute approximate surface area is 121 Å². The third kappa shape index (κ3) is 2.32. The molecule has 0 aliphatic carbocycles. The molecular formula is C15H15ClN2O2. The van der Waals surface area contributed by atoms with E-state index < -0.39 is 6.10 Å². The van der Waals surface area contributed by atoms with Crippen LogP contribution in [-0.2, 0) is 6.54 Å². The molecule has 1 unspecified atom stereocenters. The summed E-state index contributed by atoms with van der Waals surface area (Å²) >= 11 is 5.96. The number of hydrogen-bond acceptors (Lipinski definition) is 3. The average Bonchev–Trinajstić information content (AvgIpc) is 3.04. The summed E-state index contributed by atoms with van der Waals surface area (Å²) in [5.74, 6) is 0.500. The lowest BCUT2D eigenvalue weighted by Gasteiger charge is -2.10. The lowest BCUT2D eigenvalue weighted by atomic mass is 10.2. The zero-order chi connectivity index (χ0) is 14.1. The Morgan fingerprint density at radius 2 is 2.20 bits per heavy atom. The first kappa shape index (κ1) is 13.2. The van der Waals surface area contributed by atoms with Crippen LogP contribution in [0.1, 0.15) is 30.9 Å². The maximum absolute atomic E-state index is 10.5. The number of hydrogen-bond donors (Lipinski definition) is 1. The number of halogens is 1. The topological polar surface area (TPSA) is 51.2 Å².